The summed E-state index contributed by atoms with van der Waals surface area (Å²) >= 11 is 6.90. The first-order chi connectivity index (χ1) is 19.3. The Hall–Kier alpha value is -3.17. The van der Waals surface area contributed by atoms with E-state index in [1.54, 1.807) is 28.0 Å². The number of halogens is 2. The molecule has 0 saturated carbocycles. The molecule has 3 fully saturated rings. The van der Waals surface area contributed by atoms with E-state index in [2.05, 4.69) is 30.2 Å². The van der Waals surface area contributed by atoms with Crippen molar-refractivity contribution >= 4 is 29.2 Å². The number of hydrogen-bond donors (Lipinski definition) is 0. The molecule has 0 bridgehead atoms. The van der Waals surface area contributed by atoms with Crippen molar-refractivity contribution < 1.29 is 18.7 Å². The molecule has 3 saturated heterocycles. The average molecular weight is 568 g/mol. The van der Waals surface area contributed by atoms with Crippen LogP contribution in [0.5, 0.6) is 5.75 Å². The van der Waals surface area contributed by atoms with E-state index in [9.17, 15) is 9.59 Å². The Balaban J connectivity index is 1.44. The topological polar surface area (TPSA) is 69.2 Å². The van der Waals surface area contributed by atoms with Crippen molar-refractivity contribution in [1.82, 2.24) is 19.7 Å². The molecular formula is C30H35ClFN5O3. The van der Waals surface area contributed by atoms with Gasteiger partial charge in [-0.15, -0.1) is 0 Å². The number of rotatable bonds is 4. The van der Waals surface area contributed by atoms with E-state index < -0.39 is 5.82 Å². The first kappa shape index (κ1) is 27.0. The van der Waals surface area contributed by atoms with Gasteiger partial charge in [-0.3, -0.25) is 14.5 Å². The number of carbonyl (C=O) groups is 2. The lowest BCUT2D eigenvalue weighted by Gasteiger charge is -2.39. The summed E-state index contributed by atoms with van der Waals surface area (Å²) in [5.74, 6) is 0.534. The number of hydrogen-bond acceptors (Lipinski definition) is 6. The van der Waals surface area contributed by atoms with Crippen LogP contribution in [0.4, 0.5) is 10.2 Å². The maximum atomic E-state index is 15.0. The van der Waals surface area contributed by atoms with Crippen LogP contribution in [0.2, 0.25) is 5.02 Å². The Kier molecular flexibility index (Phi) is 7.21. The zero-order valence-electron chi connectivity index (χ0n) is 23.0. The smallest absolute Gasteiger partial charge is 0.261 e. The minimum atomic E-state index is -0.447. The number of fused-ring (bicyclic) bond motifs is 2. The fraction of sp³-hybridized carbons (Fsp3) is 0.500. The minimum absolute atomic E-state index is 0.112. The molecule has 0 spiro atoms. The summed E-state index contributed by atoms with van der Waals surface area (Å²) in [6.07, 6.45) is 3.42. The molecule has 0 radical (unpaired) electrons. The Labute approximate surface area is 239 Å². The fourth-order valence-corrected chi connectivity index (χ4v) is 6.97. The largest absolute Gasteiger partial charge is 0.489 e. The number of piperazine rings is 1. The Morgan fingerprint density at radius 1 is 1.12 bits per heavy atom. The van der Waals surface area contributed by atoms with Crippen molar-refractivity contribution in [1.29, 1.82) is 0 Å². The van der Waals surface area contributed by atoms with Crippen LogP contribution in [0.1, 0.15) is 37.0 Å². The van der Waals surface area contributed by atoms with Gasteiger partial charge in [0.1, 0.15) is 28.8 Å². The van der Waals surface area contributed by atoms with Crippen LogP contribution in [0.25, 0.3) is 11.3 Å². The molecule has 4 aliphatic rings. The van der Waals surface area contributed by atoms with Crippen LogP contribution in [0, 0.1) is 11.7 Å². The SMILES string of the molecule is C=CC(=O)N1CCN2C(=O)c3c(N4CC(N5CCC(C)C5)C[C@@H]4C)nc(-c4ccccc4F)c(Cl)c3OC[C@H]2C1. The van der Waals surface area contributed by atoms with Crippen LogP contribution < -0.4 is 9.64 Å². The minimum Gasteiger partial charge on any atom is -0.489 e. The zero-order chi connectivity index (χ0) is 28.1. The number of pyridine rings is 1. The number of aromatic nitrogens is 1. The van der Waals surface area contributed by atoms with Gasteiger partial charge in [0.2, 0.25) is 5.91 Å². The Bertz CT molecular complexity index is 1350. The number of likely N-dealkylation sites (tertiary alicyclic amines) is 1. The predicted molar refractivity (Wildman–Crippen MR) is 152 cm³/mol. The van der Waals surface area contributed by atoms with E-state index in [1.165, 1.54) is 18.6 Å². The van der Waals surface area contributed by atoms with Crippen molar-refractivity contribution in [2.75, 3.05) is 50.8 Å². The van der Waals surface area contributed by atoms with Crippen molar-refractivity contribution in [2.24, 2.45) is 5.92 Å². The quantitative estimate of drug-likeness (QED) is 0.519. The average Bonchev–Trinajstić information content (AvgIpc) is 3.52. The molecule has 0 N–H and O–H groups in total. The van der Waals surface area contributed by atoms with Crippen LogP contribution >= 0.6 is 11.6 Å². The highest BCUT2D eigenvalue weighted by Gasteiger charge is 2.43. The van der Waals surface area contributed by atoms with Crippen molar-refractivity contribution in [2.45, 2.75) is 44.8 Å². The van der Waals surface area contributed by atoms with Gasteiger partial charge in [0.25, 0.3) is 5.91 Å². The van der Waals surface area contributed by atoms with Gasteiger partial charge in [0.05, 0.1) is 11.7 Å². The molecular weight excluding hydrogens is 533 g/mol. The molecule has 4 aliphatic heterocycles. The highest BCUT2D eigenvalue weighted by Crippen LogP contribution is 2.45. The molecule has 8 nitrogen and oxygen atoms in total. The molecule has 1 aromatic heterocycles. The standard InChI is InChI=1S/C30H35ClFN5O3/c1-4-24(38)35-11-12-36-21(15-35)17-40-28-25(30(36)39)29(33-27(26(28)31)22-7-5-6-8-23(22)32)37-16-20(13-19(37)3)34-10-9-18(2)14-34/h4-8,18-21H,1,9-17H2,2-3H3/t18?,19-,20?,21+/m0/s1. The third-order valence-electron chi connectivity index (χ3n) is 8.86. The molecule has 40 heavy (non-hydrogen) atoms. The van der Waals surface area contributed by atoms with E-state index in [0.717, 1.165) is 19.5 Å². The zero-order valence-corrected chi connectivity index (χ0v) is 23.7. The molecule has 4 atom stereocenters. The van der Waals surface area contributed by atoms with Crippen LogP contribution in [-0.4, -0.2) is 95.5 Å². The molecule has 2 unspecified atom stereocenters. The van der Waals surface area contributed by atoms with Gasteiger partial charge >= 0.3 is 0 Å². The molecule has 0 aliphatic carbocycles. The number of amides is 2. The molecule has 10 heteroatoms. The van der Waals surface area contributed by atoms with Gasteiger partial charge in [-0.05, 0) is 50.4 Å². The van der Waals surface area contributed by atoms with Gasteiger partial charge in [0, 0.05) is 50.4 Å². The first-order valence-corrected chi connectivity index (χ1v) is 14.5. The van der Waals surface area contributed by atoms with E-state index in [1.807, 2.05) is 0 Å². The number of ether oxygens (including phenoxy) is 1. The van der Waals surface area contributed by atoms with Gasteiger partial charge in [-0.1, -0.05) is 37.2 Å². The van der Waals surface area contributed by atoms with Gasteiger partial charge < -0.3 is 19.4 Å². The number of carbonyl (C=O) groups excluding carboxylic acids is 2. The first-order valence-electron chi connectivity index (χ1n) is 14.1. The number of nitrogens with zero attached hydrogens (tertiary/aromatic N) is 5. The van der Waals surface area contributed by atoms with Crippen molar-refractivity contribution in [3.63, 3.8) is 0 Å². The monoisotopic (exact) mass is 567 g/mol. The second kappa shape index (κ2) is 10.7. The second-order valence-electron chi connectivity index (χ2n) is 11.5. The predicted octanol–water partition coefficient (Wildman–Crippen LogP) is 4.08. The highest BCUT2D eigenvalue weighted by molar-refractivity contribution is 6.35. The lowest BCUT2D eigenvalue weighted by molar-refractivity contribution is -0.128. The number of benzene rings is 1. The molecule has 212 valence electrons. The second-order valence-corrected chi connectivity index (χ2v) is 11.9. The summed E-state index contributed by atoms with van der Waals surface area (Å²) in [6.45, 7) is 12.1. The Morgan fingerprint density at radius 2 is 1.93 bits per heavy atom. The lowest BCUT2D eigenvalue weighted by Crippen LogP contribution is -2.57. The van der Waals surface area contributed by atoms with E-state index in [-0.39, 0.29) is 52.5 Å². The third-order valence-corrected chi connectivity index (χ3v) is 9.22. The summed E-state index contributed by atoms with van der Waals surface area (Å²) < 4.78 is 21.3. The summed E-state index contributed by atoms with van der Waals surface area (Å²) in [5, 5.41) is 0.118. The summed E-state index contributed by atoms with van der Waals surface area (Å²) in [5.41, 5.74) is 0.836. The molecule has 1 aromatic carbocycles. The highest BCUT2D eigenvalue weighted by atomic mass is 35.5. The van der Waals surface area contributed by atoms with Crippen molar-refractivity contribution in [3.8, 4) is 17.0 Å². The van der Waals surface area contributed by atoms with E-state index >= 15 is 4.39 Å². The Morgan fingerprint density at radius 3 is 2.65 bits per heavy atom. The maximum Gasteiger partial charge on any atom is 0.261 e. The third kappa shape index (κ3) is 4.63. The lowest BCUT2D eigenvalue weighted by atomic mass is 10.1. The molecule has 6 rings (SSSR count). The van der Waals surface area contributed by atoms with E-state index in [4.69, 9.17) is 21.3 Å². The van der Waals surface area contributed by atoms with Gasteiger partial charge in [-0.2, -0.15) is 0 Å². The fourth-order valence-electron chi connectivity index (χ4n) is 6.68. The maximum absolute atomic E-state index is 15.0. The normalized spacial score (nSPS) is 26.8. The van der Waals surface area contributed by atoms with Crippen LogP contribution in [-0.2, 0) is 4.79 Å². The number of anilines is 1. The van der Waals surface area contributed by atoms with Crippen molar-refractivity contribution in [3.05, 3.63) is 53.3 Å². The summed E-state index contributed by atoms with van der Waals surface area (Å²) in [6, 6.07) is 6.47. The van der Waals surface area contributed by atoms with E-state index in [0.29, 0.717) is 49.5 Å². The molecule has 2 aromatic rings. The van der Waals surface area contributed by atoms with Crippen LogP contribution in [0.3, 0.4) is 0 Å². The summed E-state index contributed by atoms with van der Waals surface area (Å²) in [4.78, 5) is 39.7. The summed E-state index contributed by atoms with van der Waals surface area (Å²) in [7, 11) is 0. The molecule has 2 amide bonds. The van der Waals surface area contributed by atoms with Crippen LogP contribution in [0.15, 0.2) is 36.9 Å². The molecule has 5 heterocycles. The van der Waals surface area contributed by atoms with Gasteiger partial charge in [0.15, 0.2) is 5.75 Å². The van der Waals surface area contributed by atoms with Gasteiger partial charge in [-0.25, -0.2) is 9.37 Å².